The highest BCUT2D eigenvalue weighted by atomic mass is 79.9. The van der Waals surface area contributed by atoms with E-state index in [2.05, 4.69) is 34.5 Å². The molecule has 0 radical (unpaired) electrons. The Bertz CT molecular complexity index is 545. The van der Waals surface area contributed by atoms with Gasteiger partial charge in [-0.15, -0.1) is 0 Å². The second-order valence-electron chi connectivity index (χ2n) is 5.68. The highest BCUT2D eigenvalue weighted by Gasteiger charge is 2.14. The molecule has 1 rings (SSSR count). The van der Waals surface area contributed by atoms with Crippen LogP contribution in [-0.4, -0.2) is 15.0 Å². The van der Waals surface area contributed by atoms with Gasteiger partial charge >= 0.3 is 0 Å². The van der Waals surface area contributed by atoms with Crippen LogP contribution in [0.1, 0.15) is 46.0 Å². The third kappa shape index (κ3) is 6.80. The lowest BCUT2D eigenvalue weighted by molar-refractivity contribution is 0.517. The molecule has 0 spiro atoms. The van der Waals surface area contributed by atoms with Gasteiger partial charge in [-0.1, -0.05) is 39.5 Å². The summed E-state index contributed by atoms with van der Waals surface area (Å²) in [5.74, 6) is 0.742. The van der Waals surface area contributed by atoms with Gasteiger partial charge in [-0.05, 0) is 46.5 Å². The lowest BCUT2D eigenvalue weighted by Gasteiger charge is -2.08. The number of rotatable bonds is 9. The van der Waals surface area contributed by atoms with Gasteiger partial charge in [-0.25, -0.2) is 13.1 Å². The predicted octanol–water partition coefficient (Wildman–Crippen LogP) is 3.92. The highest BCUT2D eigenvalue weighted by molar-refractivity contribution is 9.10. The minimum Gasteiger partial charge on any atom is -0.398 e. The van der Waals surface area contributed by atoms with E-state index in [1.54, 1.807) is 12.1 Å². The molecule has 0 aliphatic rings. The average Bonchev–Trinajstić information content (AvgIpc) is 2.40. The van der Waals surface area contributed by atoms with Crippen molar-refractivity contribution in [3.63, 3.8) is 0 Å². The summed E-state index contributed by atoms with van der Waals surface area (Å²) >= 11 is 3.25. The molecule has 1 aromatic carbocycles. The number of nitrogen functional groups attached to an aromatic ring is 1. The Morgan fingerprint density at radius 3 is 2.48 bits per heavy atom. The molecule has 120 valence electrons. The van der Waals surface area contributed by atoms with E-state index in [9.17, 15) is 8.42 Å². The third-order valence-corrected chi connectivity index (χ3v) is 5.46. The van der Waals surface area contributed by atoms with Crippen molar-refractivity contribution in [2.45, 2.75) is 50.8 Å². The van der Waals surface area contributed by atoms with Crippen molar-refractivity contribution in [3.05, 3.63) is 22.7 Å². The van der Waals surface area contributed by atoms with Gasteiger partial charge in [0.15, 0.2) is 0 Å². The summed E-state index contributed by atoms with van der Waals surface area (Å²) in [6.07, 6.45) is 5.53. The number of hydrogen-bond acceptors (Lipinski definition) is 3. The monoisotopic (exact) mass is 376 g/mol. The van der Waals surface area contributed by atoms with E-state index in [0.29, 0.717) is 16.7 Å². The van der Waals surface area contributed by atoms with Crippen LogP contribution in [0, 0.1) is 5.92 Å². The number of halogens is 1. The van der Waals surface area contributed by atoms with E-state index in [1.165, 1.54) is 18.9 Å². The van der Waals surface area contributed by atoms with Crippen LogP contribution in [-0.2, 0) is 10.0 Å². The number of nitrogens with one attached hydrogen (secondary N) is 1. The fourth-order valence-electron chi connectivity index (χ4n) is 2.01. The van der Waals surface area contributed by atoms with Crippen molar-refractivity contribution in [2.24, 2.45) is 5.92 Å². The maximum absolute atomic E-state index is 12.1. The van der Waals surface area contributed by atoms with Gasteiger partial charge < -0.3 is 5.73 Å². The summed E-state index contributed by atoms with van der Waals surface area (Å²) < 4.78 is 27.5. The van der Waals surface area contributed by atoms with Crippen LogP contribution >= 0.6 is 15.9 Å². The van der Waals surface area contributed by atoms with Crippen LogP contribution in [0.4, 0.5) is 5.69 Å². The Morgan fingerprint density at radius 1 is 1.19 bits per heavy atom. The Morgan fingerprint density at radius 2 is 1.86 bits per heavy atom. The third-order valence-electron chi connectivity index (χ3n) is 3.28. The second kappa shape index (κ2) is 8.76. The number of unbranched alkanes of at least 4 members (excludes halogenated alkanes) is 3. The van der Waals surface area contributed by atoms with E-state index in [-0.39, 0.29) is 4.90 Å². The first-order valence-corrected chi connectivity index (χ1v) is 9.65. The van der Waals surface area contributed by atoms with Gasteiger partial charge in [0.25, 0.3) is 0 Å². The molecule has 0 bridgehead atoms. The Hall–Kier alpha value is -0.590. The molecule has 0 heterocycles. The number of nitrogens with two attached hydrogens (primary N) is 1. The molecule has 6 heteroatoms. The summed E-state index contributed by atoms with van der Waals surface area (Å²) in [6.45, 7) is 4.91. The molecule has 0 amide bonds. The molecule has 0 aliphatic heterocycles. The molecule has 0 atom stereocenters. The van der Waals surface area contributed by atoms with E-state index in [0.717, 1.165) is 25.2 Å². The summed E-state index contributed by atoms with van der Waals surface area (Å²) in [6, 6.07) is 4.66. The quantitative estimate of drug-likeness (QED) is 0.506. The largest absolute Gasteiger partial charge is 0.398 e. The summed E-state index contributed by atoms with van der Waals surface area (Å²) in [4.78, 5) is 0.211. The van der Waals surface area contributed by atoms with Crippen molar-refractivity contribution >= 4 is 31.6 Å². The summed E-state index contributed by atoms with van der Waals surface area (Å²) in [5.41, 5.74) is 6.14. The molecule has 1 aromatic rings. The van der Waals surface area contributed by atoms with Gasteiger partial charge in [-0.2, -0.15) is 0 Å². The minimum absolute atomic E-state index is 0.211. The molecule has 0 unspecified atom stereocenters. The SMILES string of the molecule is CC(C)CCCCCCNS(=O)(=O)c1ccc(Br)c(N)c1. The lowest BCUT2D eigenvalue weighted by atomic mass is 10.0. The van der Waals surface area contributed by atoms with Crippen LogP contribution in [0.5, 0.6) is 0 Å². The van der Waals surface area contributed by atoms with Crippen molar-refractivity contribution in [2.75, 3.05) is 12.3 Å². The first-order valence-electron chi connectivity index (χ1n) is 7.37. The topological polar surface area (TPSA) is 72.2 Å². The van der Waals surface area contributed by atoms with Gasteiger partial charge in [-0.3, -0.25) is 0 Å². The van der Waals surface area contributed by atoms with Crippen LogP contribution < -0.4 is 10.5 Å². The van der Waals surface area contributed by atoms with E-state index in [1.807, 2.05) is 0 Å². The minimum atomic E-state index is -3.46. The van der Waals surface area contributed by atoms with E-state index >= 15 is 0 Å². The average molecular weight is 377 g/mol. The predicted molar refractivity (Wildman–Crippen MR) is 91.7 cm³/mol. The number of hydrogen-bond donors (Lipinski definition) is 2. The number of benzene rings is 1. The van der Waals surface area contributed by atoms with Crippen molar-refractivity contribution in [3.8, 4) is 0 Å². The molecular formula is C15H25BrN2O2S. The summed E-state index contributed by atoms with van der Waals surface area (Å²) in [7, 11) is -3.46. The van der Waals surface area contributed by atoms with E-state index < -0.39 is 10.0 Å². The van der Waals surface area contributed by atoms with Crippen molar-refractivity contribution < 1.29 is 8.42 Å². The molecular weight excluding hydrogens is 352 g/mol. The molecule has 21 heavy (non-hydrogen) atoms. The maximum atomic E-state index is 12.1. The first-order chi connectivity index (χ1) is 9.83. The molecule has 0 saturated carbocycles. The maximum Gasteiger partial charge on any atom is 0.240 e. The first kappa shape index (κ1) is 18.5. The van der Waals surface area contributed by atoms with Gasteiger partial charge in [0.2, 0.25) is 10.0 Å². The molecule has 3 N–H and O–H groups in total. The fraction of sp³-hybridized carbons (Fsp3) is 0.600. The smallest absolute Gasteiger partial charge is 0.240 e. The summed E-state index contributed by atoms with van der Waals surface area (Å²) in [5, 5.41) is 0. The number of anilines is 1. The highest BCUT2D eigenvalue weighted by Crippen LogP contribution is 2.22. The lowest BCUT2D eigenvalue weighted by Crippen LogP contribution is -2.24. The van der Waals surface area contributed by atoms with Crippen molar-refractivity contribution in [1.29, 1.82) is 0 Å². The molecule has 0 aromatic heterocycles. The molecule has 0 saturated heterocycles. The number of sulfonamides is 1. The van der Waals surface area contributed by atoms with E-state index in [4.69, 9.17) is 5.73 Å². The molecule has 4 nitrogen and oxygen atoms in total. The Balaban J connectivity index is 2.35. The Labute approximate surface area is 136 Å². The zero-order valence-corrected chi connectivity index (χ0v) is 15.1. The van der Waals surface area contributed by atoms with Gasteiger partial charge in [0.1, 0.15) is 0 Å². The van der Waals surface area contributed by atoms with Gasteiger partial charge in [0, 0.05) is 16.7 Å². The van der Waals surface area contributed by atoms with Gasteiger partial charge in [0.05, 0.1) is 4.90 Å². The van der Waals surface area contributed by atoms with Crippen LogP contribution in [0.15, 0.2) is 27.6 Å². The zero-order valence-electron chi connectivity index (χ0n) is 12.7. The molecule has 0 aliphatic carbocycles. The van der Waals surface area contributed by atoms with Crippen molar-refractivity contribution in [1.82, 2.24) is 4.72 Å². The fourth-order valence-corrected chi connectivity index (χ4v) is 3.37. The normalized spacial score (nSPS) is 12.0. The van der Waals surface area contributed by atoms with Crippen LogP contribution in [0.25, 0.3) is 0 Å². The second-order valence-corrected chi connectivity index (χ2v) is 8.30. The van der Waals surface area contributed by atoms with Crippen LogP contribution in [0.2, 0.25) is 0 Å². The standard InChI is InChI=1S/C15H25BrN2O2S/c1-12(2)7-5-3-4-6-10-18-21(19,20)13-8-9-14(16)15(17)11-13/h8-9,11-12,18H,3-7,10,17H2,1-2H3. The Kier molecular flexibility index (Phi) is 7.70. The zero-order chi connectivity index (χ0) is 15.9. The van der Waals surface area contributed by atoms with Crippen LogP contribution in [0.3, 0.4) is 0 Å². The molecule has 0 fully saturated rings.